The Balaban J connectivity index is 2.34. The minimum Gasteiger partial charge on any atom is -0.505 e. The molecule has 1 aromatic carbocycles. The number of hydrogen-bond acceptors (Lipinski definition) is 5. The number of aliphatic hydroxyl groups excluding tert-OH is 1. The first-order chi connectivity index (χ1) is 9.93. The van der Waals surface area contributed by atoms with E-state index in [0.29, 0.717) is 11.4 Å². The van der Waals surface area contributed by atoms with Gasteiger partial charge in [0.15, 0.2) is 5.76 Å². The summed E-state index contributed by atoms with van der Waals surface area (Å²) in [6.45, 7) is 1.67. The normalized spacial score (nSPS) is 16.2. The molecule has 0 fully saturated rings. The molecule has 21 heavy (non-hydrogen) atoms. The third kappa shape index (κ3) is 2.97. The van der Waals surface area contributed by atoms with E-state index >= 15 is 0 Å². The quantitative estimate of drug-likeness (QED) is 0.867. The van der Waals surface area contributed by atoms with Gasteiger partial charge in [-0.15, -0.1) is 0 Å². The van der Waals surface area contributed by atoms with E-state index in [0.717, 1.165) is 11.3 Å². The maximum Gasteiger partial charge on any atom is 0.343 e. The second-order valence-electron chi connectivity index (χ2n) is 4.93. The topological polar surface area (TPSA) is 62.1 Å². The number of anilines is 1. The van der Waals surface area contributed by atoms with Crippen molar-refractivity contribution in [2.75, 3.05) is 26.1 Å². The van der Waals surface area contributed by atoms with Crippen LogP contribution < -0.4 is 4.90 Å². The summed E-state index contributed by atoms with van der Waals surface area (Å²) in [6.07, 6.45) is 1.73. The molecule has 5 nitrogen and oxygen atoms in total. The first-order valence-corrected chi connectivity index (χ1v) is 6.50. The number of methoxy groups -OCH3 is 1. The Morgan fingerprint density at radius 1 is 1.29 bits per heavy atom. The van der Waals surface area contributed by atoms with Gasteiger partial charge in [-0.3, -0.25) is 0 Å². The van der Waals surface area contributed by atoms with Crippen molar-refractivity contribution in [2.45, 2.75) is 6.92 Å². The maximum atomic E-state index is 11.6. The minimum absolute atomic E-state index is 0.119. The number of aliphatic hydroxyl groups is 1. The van der Waals surface area contributed by atoms with Crippen molar-refractivity contribution in [3.8, 4) is 0 Å². The molecule has 1 aliphatic heterocycles. The van der Waals surface area contributed by atoms with Crippen molar-refractivity contribution in [3.63, 3.8) is 0 Å². The number of esters is 1. The third-order valence-electron chi connectivity index (χ3n) is 3.23. The van der Waals surface area contributed by atoms with Crippen LogP contribution in [0.4, 0.5) is 5.69 Å². The van der Waals surface area contributed by atoms with Crippen LogP contribution >= 0.6 is 0 Å². The Bertz CT molecular complexity index is 653. The van der Waals surface area contributed by atoms with Gasteiger partial charge in [-0.1, -0.05) is 12.1 Å². The molecule has 110 valence electrons. The molecule has 5 heteroatoms. The van der Waals surface area contributed by atoms with Crippen molar-refractivity contribution >= 4 is 23.4 Å². The lowest BCUT2D eigenvalue weighted by molar-refractivity contribution is -0.135. The summed E-state index contributed by atoms with van der Waals surface area (Å²) in [6, 6.07) is 7.80. The van der Waals surface area contributed by atoms with Gasteiger partial charge in [-0.25, -0.2) is 9.79 Å². The second-order valence-corrected chi connectivity index (χ2v) is 4.93. The average molecular weight is 286 g/mol. The molecule has 1 aliphatic rings. The number of benzene rings is 1. The van der Waals surface area contributed by atoms with Crippen LogP contribution in [0, 0.1) is 0 Å². The van der Waals surface area contributed by atoms with Crippen LogP contribution in [0.1, 0.15) is 12.5 Å². The zero-order valence-corrected chi connectivity index (χ0v) is 12.5. The Morgan fingerprint density at radius 2 is 1.90 bits per heavy atom. The summed E-state index contributed by atoms with van der Waals surface area (Å²) in [7, 11) is 5.21. The fourth-order valence-electron chi connectivity index (χ4n) is 2.06. The van der Waals surface area contributed by atoms with E-state index in [4.69, 9.17) is 0 Å². The fraction of sp³-hybridized carbons (Fsp3) is 0.250. The predicted octanol–water partition coefficient (Wildman–Crippen LogP) is 2.55. The molecule has 1 N–H and O–H groups in total. The van der Waals surface area contributed by atoms with Gasteiger partial charge in [0.25, 0.3) is 0 Å². The number of hydrogen-bond donors (Lipinski definition) is 1. The second kappa shape index (κ2) is 5.83. The Labute approximate surface area is 123 Å². The van der Waals surface area contributed by atoms with Crippen molar-refractivity contribution < 1.29 is 14.6 Å². The zero-order valence-electron chi connectivity index (χ0n) is 12.5. The summed E-state index contributed by atoms with van der Waals surface area (Å²) >= 11 is 0. The maximum absolute atomic E-state index is 11.6. The molecule has 0 saturated heterocycles. The van der Waals surface area contributed by atoms with Gasteiger partial charge in [0.05, 0.1) is 12.8 Å². The van der Waals surface area contributed by atoms with Crippen molar-refractivity contribution in [1.29, 1.82) is 0 Å². The highest BCUT2D eigenvalue weighted by Gasteiger charge is 2.27. The minimum atomic E-state index is -0.583. The molecular formula is C16H18N2O3. The number of ether oxygens (including phenoxy) is 1. The molecule has 2 rings (SSSR count). The number of aliphatic imine (C=N–C) groups is 1. The van der Waals surface area contributed by atoms with E-state index in [1.807, 2.05) is 43.3 Å². The van der Waals surface area contributed by atoms with E-state index in [2.05, 4.69) is 9.73 Å². The number of carbonyl (C=O) groups excluding carboxylic acids is 1. The molecule has 0 atom stereocenters. The largest absolute Gasteiger partial charge is 0.505 e. The molecule has 0 bridgehead atoms. The first-order valence-electron chi connectivity index (χ1n) is 6.50. The molecule has 1 heterocycles. The fourth-order valence-corrected chi connectivity index (χ4v) is 2.06. The molecule has 0 spiro atoms. The molecule has 0 unspecified atom stereocenters. The van der Waals surface area contributed by atoms with E-state index in [-0.39, 0.29) is 11.3 Å². The first kappa shape index (κ1) is 14.8. The molecular weight excluding hydrogens is 268 g/mol. The van der Waals surface area contributed by atoms with E-state index in [1.165, 1.54) is 7.11 Å². The monoisotopic (exact) mass is 286 g/mol. The van der Waals surface area contributed by atoms with Gasteiger partial charge in [0.1, 0.15) is 11.3 Å². The standard InChI is InChI=1S/C16H18N2O3/c1-10-14(16(20)21-4)15(19)13(17-10)9-11-5-7-12(8-6-11)18(2)3/h5-9,19H,1-4H3/b13-9-. The lowest BCUT2D eigenvalue weighted by Crippen LogP contribution is -2.11. The molecule has 0 radical (unpaired) electrons. The van der Waals surface area contributed by atoms with E-state index in [9.17, 15) is 9.90 Å². The highest BCUT2D eigenvalue weighted by Crippen LogP contribution is 2.26. The Hall–Kier alpha value is -2.56. The smallest absolute Gasteiger partial charge is 0.343 e. The van der Waals surface area contributed by atoms with E-state index < -0.39 is 5.97 Å². The Kier molecular flexibility index (Phi) is 4.12. The van der Waals surface area contributed by atoms with Gasteiger partial charge in [0.2, 0.25) is 0 Å². The average Bonchev–Trinajstić information content (AvgIpc) is 2.73. The van der Waals surface area contributed by atoms with Crippen LogP contribution in [0.15, 0.2) is 46.3 Å². The van der Waals surface area contributed by atoms with Crippen LogP contribution in [0.25, 0.3) is 6.08 Å². The van der Waals surface area contributed by atoms with E-state index in [1.54, 1.807) is 13.0 Å². The number of carbonyl (C=O) groups is 1. The van der Waals surface area contributed by atoms with Gasteiger partial charge in [-0.2, -0.15) is 0 Å². The molecule has 1 aromatic rings. The van der Waals surface area contributed by atoms with Crippen LogP contribution in [0.3, 0.4) is 0 Å². The summed E-state index contributed by atoms with van der Waals surface area (Å²) in [4.78, 5) is 17.8. The predicted molar refractivity (Wildman–Crippen MR) is 83.5 cm³/mol. The Morgan fingerprint density at radius 3 is 2.43 bits per heavy atom. The van der Waals surface area contributed by atoms with Crippen LogP contribution in [-0.2, 0) is 9.53 Å². The van der Waals surface area contributed by atoms with Crippen molar-refractivity contribution in [1.82, 2.24) is 0 Å². The SMILES string of the molecule is COC(=O)C1=C(O)/C(=C/c2ccc(N(C)C)cc2)N=C1C. The van der Waals surface area contributed by atoms with Crippen LogP contribution in [0.5, 0.6) is 0 Å². The third-order valence-corrected chi connectivity index (χ3v) is 3.23. The van der Waals surface area contributed by atoms with Gasteiger partial charge in [-0.05, 0) is 30.7 Å². The van der Waals surface area contributed by atoms with Gasteiger partial charge in [0, 0.05) is 19.8 Å². The van der Waals surface area contributed by atoms with Crippen LogP contribution in [-0.4, -0.2) is 38.0 Å². The highest BCUT2D eigenvalue weighted by atomic mass is 16.5. The molecule has 0 aromatic heterocycles. The summed E-state index contributed by atoms with van der Waals surface area (Å²) in [5.41, 5.74) is 2.91. The molecule has 0 amide bonds. The number of rotatable bonds is 3. The summed E-state index contributed by atoms with van der Waals surface area (Å²) < 4.78 is 4.65. The summed E-state index contributed by atoms with van der Waals surface area (Å²) in [5.74, 6) is -0.726. The summed E-state index contributed by atoms with van der Waals surface area (Å²) in [5, 5.41) is 10.1. The van der Waals surface area contributed by atoms with Gasteiger partial charge >= 0.3 is 5.97 Å². The van der Waals surface area contributed by atoms with Crippen LogP contribution in [0.2, 0.25) is 0 Å². The molecule has 0 saturated carbocycles. The van der Waals surface area contributed by atoms with Crippen molar-refractivity contribution in [2.24, 2.45) is 4.99 Å². The lowest BCUT2D eigenvalue weighted by Gasteiger charge is -2.11. The lowest BCUT2D eigenvalue weighted by atomic mass is 10.1. The molecule has 0 aliphatic carbocycles. The zero-order chi connectivity index (χ0) is 15.6. The number of nitrogens with zero attached hydrogens (tertiary/aromatic N) is 2. The van der Waals surface area contributed by atoms with Crippen molar-refractivity contribution in [3.05, 3.63) is 46.9 Å². The van der Waals surface area contributed by atoms with Gasteiger partial charge < -0.3 is 14.7 Å². The highest BCUT2D eigenvalue weighted by molar-refractivity contribution is 6.21.